The molecule has 10 heteroatoms. The van der Waals surface area contributed by atoms with Gasteiger partial charge in [-0.05, 0) is 37.5 Å². The number of rotatable bonds is 9. The standard InChI is InChI=1S/C19H28F3N3O3.HI/c1-2-23-17(25-12-18(6-8-26)7-9-27-13-18)24-11-15-4-3-5-16(10-15)28-14-19(20,21)22;/h3-5,10,26H,2,6-9,11-14H2,1H3,(H2,23,24,25);1H. The van der Waals surface area contributed by atoms with E-state index in [1.807, 2.05) is 6.92 Å². The number of alkyl halides is 3. The molecule has 1 fully saturated rings. The van der Waals surface area contributed by atoms with Crippen molar-refractivity contribution in [2.45, 2.75) is 32.5 Å². The van der Waals surface area contributed by atoms with Crippen molar-refractivity contribution < 1.29 is 27.8 Å². The largest absolute Gasteiger partial charge is 0.484 e. The van der Waals surface area contributed by atoms with Crippen molar-refractivity contribution in [2.24, 2.45) is 10.4 Å². The van der Waals surface area contributed by atoms with Gasteiger partial charge in [0.25, 0.3) is 0 Å². The lowest BCUT2D eigenvalue weighted by Gasteiger charge is -2.27. The fraction of sp³-hybridized carbons (Fsp3) is 0.632. The van der Waals surface area contributed by atoms with Gasteiger partial charge < -0.3 is 25.2 Å². The van der Waals surface area contributed by atoms with Crippen LogP contribution < -0.4 is 15.4 Å². The van der Waals surface area contributed by atoms with Crippen LogP contribution in [-0.4, -0.2) is 56.8 Å². The molecule has 0 bridgehead atoms. The Labute approximate surface area is 186 Å². The van der Waals surface area contributed by atoms with Crippen LogP contribution in [0.5, 0.6) is 5.75 Å². The third-order valence-electron chi connectivity index (χ3n) is 4.52. The first-order valence-electron chi connectivity index (χ1n) is 9.35. The molecule has 3 N–H and O–H groups in total. The fourth-order valence-corrected chi connectivity index (χ4v) is 2.99. The van der Waals surface area contributed by atoms with Crippen LogP contribution in [0.15, 0.2) is 29.3 Å². The summed E-state index contributed by atoms with van der Waals surface area (Å²) in [6.07, 6.45) is -2.85. The highest BCUT2D eigenvalue weighted by Gasteiger charge is 2.34. The molecule has 1 saturated heterocycles. The lowest BCUT2D eigenvalue weighted by molar-refractivity contribution is -0.153. The zero-order valence-corrected chi connectivity index (χ0v) is 18.8. The van der Waals surface area contributed by atoms with Crippen LogP contribution in [0, 0.1) is 5.41 Å². The molecule has 0 saturated carbocycles. The van der Waals surface area contributed by atoms with Crippen molar-refractivity contribution in [3.05, 3.63) is 29.8 Å². The molecule has 1 heterocycles. The first-order chi connectivity index (χ1) is 13.4. The van der Waals surface area contributed by atoms with Crippen molar-refractivity contribution in [1.82, 2.24) is 10.6 Å². The summed E-state index contributed by atoms with van der Waals surface area (Å²) in [5.74, 6) is 0.765. The number of guanidine groups is 1. The average molecular weight is 531 g/mol. The Bertz CT molecular complexity index is 639. The average Bonchev–Trinajstić information content (AvgIpc) is 3.11. The second-order valence-corrected chi connectivity index (χ2v) is 6.88. The Hall–Kier alpha value is -1.27. The molecule has 1 unspecified atom stereocenters. The van der Waals surface area contributed by atoms with Gasteiger partial charge in [0.2, 0.25) is 0 Å². The van der Waals surface area contributed by atoms with Crippen molar-refractivity contribution in [3.63, 3.8) is 0 Å². The van der Waals surface area contributed by atoms with Crippen LogP contribution in [-0.2, 0) is 11.3 Å². The highest BCUT2D eigenvalue weighted by molar-refractivity contribution is 14.0. The molecule has 0 aromatic heterocycles. The Morgan fingerprint density at radius 2 is 2.14 bits per heavy atom. The van der Waals surface area contributed by atoms with E-state index < -0.39 is 12.8 Å². The highest BCUT2D eigenvalue weighted by Crippen LogP contribution is 2.31. The number of nitrogens with zero attached hydrogens (tertiary/aromatic N) is 1. The zero-order chi connectivity index (χ0) is 20.5. The first-order valence-corrected chi connectivity index (χ1v) is 9.35. The van der Waals surface area contributed by atoms with Gasteiger partial charge in [-0.25, -0.2) is 4.99 Å². The number of halogens is 4. The van der Waals surface area contributed by atoms with Crippen molar-refractivity contribution in [2.75, 3.05) is 39.5 Å². The van der Waals surface area contributed by atoms with Crippen LogP contribution in [0.2, 0.25) is 0 Å². The van der Waals surface area contributed by atoms with Gasteiger partial charge >= 0.3 is 6.18 Å². The molecule has 6 nitrogen and oxygen atoms in total. The van der Waals surface area contributed by atoms with Crippen molar-refractivity contribution in [3.8, 4) is 5.75 Å². The minimum atomic E-state index is -4.37. The highest BCUT2D eigenvalue weighted by atomic mass is 127. The van der Waals surface area contributed by atoms with Crippen LogP contribution >= 0.6 is 24.0 Å². The van der Waals surface area contributed by atoms with E-state index in [2.05, 4.69) is 15.6 Å². The van der Waals surface area contributed by atoms with E-state index in [-0.39, 0.29) is 41.7 Å². The normalized spacial score (nSPS) is 19.6. The number of nitrogens with one attached hydrogen (secondary N) is 2. The monoisotopic (exact) mass is 531 g/mol. The summed E-state index contributed by atoms with van der Waals surface area (Å²) in [5.41, 5.74) is 0.627. The molecule has 1 aliphatic heterocycles. The molecular formula is C19H29F3IN3O3. The van der Waals surface area contributed by atoms with Crippen LogP contribution in [0.4, 0.5) is 13.2 Å². The molecule has 2 rings (SSSR count). The van der Waals surface area contributed by atoms with E-state index in [4.69, 9.17) is 9.47 Å². The van der Waals surface area contributed by atoms with Gasteiger partial charge in [-0.15, -0.1) is 24.0 Å². The Balaban J connectivity index is 0.00000420. The van der Waals surface area contributed by atoms with E-state index in [0.29, 0.717) is 45.2 Å². The molecule has 0 amide bonds. The summed E-state index contributed by atoms with van der Waals surface area (Å²) < 4.78 is 47.1. The Kier molecular flexibility index (Phi) is 11.0. The molecule has 1 atom stereocenters. The smallest absolute Gasteiger partial charge is 0.422 e. The Morgan fingerprint density at radius 3 is 2.76 bits per heavy atom. The van der Waals surface area contributed by atoms with Crippen LogP contribution in [0.3, 0.4) is 0 Å². The second-order valence-electron chi connectivity index (χ2n) is 6.88. The Morgan fingerprint density at radius 1 is 1.34 bits per heavy atom. The van der Waals surface area contributed by atoms with Gasteiger partial charge in [-0.1, -0.05) is 12.1 Å². The van der Waals surface area contributed by atoms with Gasteiger partial charge in [0, 0.05) is 31.7 Å². The molecular weight excluding hydrogens is 502 g/mol. The molecule has 1 aromatic rings. The molecule has 0 radical (unpaired) electrons. The van der Waals surface area contributed by atoms with Gasteiger partial charge in [0.05, 0.1) is 13.2 Å². The first kappa shape index (κ1) is 25.8. The maximum atomic E-state index is 12.3. The van der Waals surface area contributed by atoms with Gasteiger partial charge in [0.15, 0.2) is 12.6 Å². The summed E-state index contributed by atoms with van der Waals surface area (Å²) in [6, 6.07) is 6.46. The summed E-state index contributed by atoms with van der Waals surface area (Å²) in [6.45, 7) is 3.59. The number of aliphatic imine (C=N–C) groups is 1. The molecule has 166 valence electrons. The third-order valence-corrected chi connectivity index (χ3v) is 4.52. The minimum Gasteiger partial charge on any atom is -0.484 e. The SMILES string of the molecule is CCNC(=NCc1cccc(OCC(F)(F)F)c1)NCC1(CCO)CCOC1.I. The van der Waals surface area contributed by atoms with E-state index in [9.17, 15) is 18.3 Å². The lowest BCUT2D eigenvalue weighted by Crippen LogP contribution is -2.44. The number of aliphatic hydroxyl groups excluding tert-OH is 1. The number of hydrogen-bond donors (Lipinski definition) is 3. The molecule has 1 aromatic carbocycles. The van der Waals surface area contributed by atoms with E-state index in [1.54, 1.807) is 18.2 Å². The van der Waals surface area contributed by atoms with Gasteiger partial charge in [-0.2, -0.15) is 13.2 Å². The fourth-order valence-electron chi connectivity index (χ4n) is 2.99. The van der Waals surface area contributed by atoms with E-state index in [1.165, 1.54) is 6.07 Å². The summed E-state index contributed by atoms with van der Waals surface area (Å²) in [5, 5.41) is 15.8. The predicted octanol–water partition coefficient (Wildman–Crippen LogP) is 3.09. The lowest BCUT2D eigenvalue weighted by atomic mass is 9.84. The second kappa shape index (κ2) is 12.4. The topological polar surface area (TPSA) is 75.1 Å². The number of benzene rings is 1. The zero-order valence-electron chi connectivity index (χ0n) is 16.4. The van der Waals surface area contributed by atoms with Crippen molar-refractivity contribution >= 4 is 29.9 Å². The molecule has 0 aliphatic carbocycles. The van der Waals surface area contributed by atoms with E-state index >= 15 is 0 Å². The molecule has 29 heavy (non-hydrogen) atoms. The summed E-state index contributed by atoms with van der Waals surface area (Å²) in [4.78, 5) is 4.50. The summed E-state index contributed by atoms with van der Waals surface area (Å²) >= 11 is 0. The van der Waals surface area contributed by atoms with E-state index in [0.717, 1.165) is 12.0 Å². The third kappa shape index (κ3) is 9.39. The molecule has 1 aliphatic rings. The van der Waals surface area contributed by atoms with Crippen LogP contribution in [0.1, 0.15) is 25.3 Å². The van der Waals surface area contributed by atoms with Gasteiger partial charge in [0.1, 0.15) is 5.75 Å². The van der Waals surface area contributed by atoms with Crippen LogP contribution in [0.25, 0.3) is 0 Å². The number of ether oxygens (including phenoxy) is 2. The minimum absolute atomic E-state index is 0. The number of hydrogen-bond acceptors (Lipinski definition) is 4. The summed E-state index contributed by atoms with van der Waals surface area (Å²) in [7, 11) is 0. The maximum absolute atomic E-state index is 12.3. The maximum Gasteiger partial charge on any atom is 0.422 e. The van der Waals surface area contributed by atoms with Gasteiger partial charge in [-0.3, -0.25) is 0 Å². The quantitative estimate of drug-likeness (QED) is 0.260. The number of aliphatic hydroxyl groups is 1. The predicted molar refractivity (Wildman–Crippen MR) is 116 cm³/mol. The van der Waals surface area contributed by atoms with Crippen molar-refractivity contribution in [1.29, 1.82) is 0 Å². The molecule has 0 spiro atoms.